The highest BCUT2D eigenvalue weighted by Crippen LogP contribution is 2.01. The lowest BCUT2D eigenvalue weighted by molar-refractivity contribution is -0.125. The Morgan fingerprint density at radius 3 is 2.67 bits per heavy atom. The molecule has 1 unspecified atom stereocenters. The molecule has 1 amide bonds. The minimum atomic E-state index is -0.648. The Labute approximate surface area is 51.9 Å². The van der Waals surface area contributed by atoms with E-state index < -0.39 is 5.92 Å². The lowest BCUT2D eigenvalue weighted by Gasteiger charge is -1.92. The molecule has 0 aromatic rings. The Bertz CT molecular complexity index is 185. The number of hydrogen-bond acceptors (Lipinski definition) is 3. The number of aldehydes is 1. The molecule has 0 bridgehead atoms. The van der Waals surface area contributed by atoms with Crippen LogP contribution in [0.5, 0.6) is 0 Å². The number of rotatable bonds is 1. The maximum absolute atomic E-state index is 10.6. The topological polar surface area (TPSA) is 58.5 Å². The number of hydrazone groups is 1. The zero-order valence-corrected chi connectivity index (χ0v) is 4.92. The number of carbonyl (C=O) groups is 2. The summed E-state index contributed by atoms with van der Waals surface area (Å²) in [5, 5.41) is 3.56. The summed E-state index contributed by atoms with van der Waals surface area (Å²) in [5.41, 5.74) is 2.73. The van der Waals surface area contributed by atoms with Gasteiger partial charge in [0.2, 0.25) is 0 Å². The Balaban J connectivity index is 2.79. The van der Waals surface area contributed by atoms with Gasteiger partial charge in [0.05, 0.1) is 5.71 Å². The van der Waals surface area contributed by atoms with Crippen LogP contribution in [0.3, 0.4) is 0 Å². The van der Waals surface area contributed by atoms with Crippen LogP contribution in [0, 0.1) is 5.92 Å². The first-order chi connectivity index (χ1) is 4.25. The molecule has 1 N–H and O–H groups in total. The van der Waals surface area contributed by atoms with Crippen LogP contribution in [0.4, 0.5) is 0 Å². The smallest absolute Gasteiger partial charge is 0.256 e. The summed E-state index contributed by atoms with van der Waals surface area (Å²) in [4.78, 5) is 20.6. The minimum absolute atomic E-state index is 0.331. The second-order valence-corrected chi connectivity index (χ2v) is 1.84. The fraction of sp³-hybridized carbons (Fsp3) is 0.400. The zero-order valence-electron chi connectivity index (χ0n) is 4.92. The van der Waals surface area contributed by atoms with E-state index in [0.29, 0.717) is 12.0 Å². The molecule has 1 aliphatic rings. The first-order valence-corrected chi connectivity index (χ1v) is 2.55. The highest BCUT2D eigenvalue weighted by Gasteiger charge is 2.25. The van der Waals surface area contributed by atoms with Crippen molar-refractivity contribution in [1.29, 1.82) is 0 Å². The van der Waals surface area contributed by atoms with Gasteiger partial charge in [-0.3, -0.25) is 4.79 Å². The van der Waals surface area contributed by atoms with Gasteiger partial charge in [-0.1, -0.05) is 0 Å². The third-order valence-electron chi connectivity index (χ3n) is 1.21. The highest BCUT2D eigenvalue weighted by atomic mass is 16.2. The van der Waals surface area contributed by atoms with Crippen molar-refractivity contribution >= 4 is 17.9 Å². The van der Waals surface area contributed by atoms with Crippen LogP contribution in [-0.4, -0.2) is 17.9 Å². The molecule has 0 aromatic carbocycles. The Morgan fingerprint density at radius 2 is 2.44 bits per heavy atom. The van der Waals surface area contributed by atoms with Crippen molar-refractivity contribution in [3.63, 3.8) is 0 Å². The lowest BCUT2D eigenvalue weighted by atomic mass is 10.1. The molecule has 4 nitrogen and oxygen atoms in total. The van der Waals surface area contributed by atoms with Crippen molar-refractivity contribution in [3.05, 3.63) is 0 Å². The van der Waals surface area contributed by atoms with E-state index in [-0.39, 0.29) is 5.91 Å². The zero-order chi connectivity index (χ0) is 6.85. The molecule has 9 heavy (non-hydrogen) atoms. The number of amides is 1. The number of nitrogens with zero attached hydrogens (tertiary/aromatic N) is 1. The van der Waals surface area contributed by atoms with Crippen molar-refractivity contribution in [1.82, 2.24) is 5.43 Å². The molecule has 1 heterocycles. The largest absolute Gasteiger partial charge is 0.302 e. The first-order valence-electron chi connectivity index (χ1n) is 2.55. The molecule has 48 valence electrons. The van der Waals surface area contributed by atoms with Gasteiger partial charge in [-0.15, -0.1) is 0 Å². The van der Waals surface area contributed by atoms with E-state index in [1.54, 1.807) is 6.92 Å². The highest BCUT2D eigenvalue weighted by molar-refractivity contribution is 6.16. The molecule has 1 aliphatic heterocycles. The molecule has 4 heteroatoms. The first kappa shape index (κ1) is 5.94. The van der Waals surface area contributed by atoms with Crippen LogP contribution >= 0.6 is 0 Å². The number of hydrogen-bond donors (Lipinski definition) is 1. The maximum Gasteiger partial charge on any atom is 0.256 e. The molecule has 1 rings (SSSR count). The third kappa shape index (κ3) is 0.826. The number of nitrogens with one attached hydrogen (secondary N) is 1. The Morgan fingerprint density at radius 1 is 1.78 bits per heavy atom. The molecule has 0 spiro atoms. The second kappa shape index (κ2) is 1.97. The molecule has 1 atom stereocenters. The summed E-state index contributed by atoms with van der Waals surface area (Å²) in [5.74, 6) is -0.979. The lowest BCUT2D eigenvalue weighted by Crippen LogP contribution is -2.22. The molecular weight excluding hydrogens is 120 g/mol. The van der Waals surface area contributed by atoms with Gasteiger partial charge in [0.15, 0.2) is 0 Å². The maximum atomic E-state index is 10.6. The molecule has 0 radical (unpaired) electrons. The average Bonchev–Trinajstić information content (AvgIpc) is 2.12. The van der Waals surface area contributed by atoms with E-state index in [4.69, 9.17) is 0 Å². The summed E-state index contributed by atoms with van der Waals surface area (Å²) in [6.07, 6.45) is 0.584. The fourth-order valence-corrected chi connectivity index (χ4v) is 0.632. The van der Waals surface area contributed by atoms with E-state index in [1.165, 1.54) is 0 Å². The molecule has 0 saturated carbocycles. The standard InChI is InChI=1S/C5H6N2O2/c1-3-4(2-8)5(9)7-6-3/h2,4H,1H3,(H,7,9). The normalized spacial score (nSPS) is 25.2. The van der Waals surface area contributed by atoms with Gasteiger partial charge < -0.3 is 4.79 Å². The number of carbonyl (C=O) groups excluding carboxylic acids is 2. The van der Waals surface area contributed by atoms with Crippen molar-refractivity contribution in [2.75, 3.05) is 0 Å². The van der Waals surface area contributed by atoms with Crippen LogP contribution in [0.15, 0.2) is 5.10 Å². The molecule has 0 saturated heterocycles. The van der Waals surface area contributed by atoms with E-state index in [1.807, 2.05) is 0 Å². The molecule has 0 aliphatic carbocycles. The van der Waals surface area contributed by atoms with E-state index in [0.717, 1.165) is 0 Å². The predicted molar refractivity (Wildman–Crippen MR) is 30.8 cm³/mol. The fourth-order valence-electron chi connectivity index (χ4n) is 0.632. The second-order valence-electron chi connectivity index (χ2n) is 1.84. The third-order valence-corrected chi connectivity index (χ3v) is 1.21. The van der Waals surface area contributed by atoms with Gasteiger partial charge in [0, 0.05) is 0 Å². The summed E-state index contributed by atoms with van der Waals surface area (Å²) in [6, 6.07) is 0. The van der Waals surface area contributed by atoms with Gasteiger partial charge >= 0.3 is 0 Å². The Hall–Kier alpha value is -1.19. The molecular formula is C5H6N2O2. The van der Waals surface area contributed by atoms with Crippen LogP contribution in [0.1, 0.15) is 6.92 Å². The monoisotopic (exact) mass is 126 g/mol. The van der Waals surface area contributed by atoms with E-state index in [9.17, 15) is 9.59 Å². The van der Waals surface area contributed by atoms with E-state index in [2.05, 4.69) is 10.5 Å². The van der Waals surface area contributed by atoms with Gasteiger partial charge in [-0.25, -0.2) is 5.43 Å². The van der Waals surface area contributed by atoms with E-state index >= 15 is 0 Å². The predicted octanol–water partition coefficient (Wildman–Crippen LogP) is -0.693. The van der Waals surface area contributed by atoms with Gasteiger partial charge in [0.1, 0.15) is 12.2 Å². The van der Waals surface area contributed by atoms with Crippen molar-refractivity contribution in [2.45, 2.75) is 6.92 Å². The summed E-state index contributed by atoms with van der Waals surface area (Å²) >= 11 is 0. The summed E-state index contributed by atoms with van der Waals surface area (Å²) in [6.45, 7) is 1.64. The SMILES string of the molecule is CC1=NNC(=O)C1C=O. The van der Waals surface area contributed by atoms with Crippen LogP contribution in [0.25, 0.3) is 0 Å². The quantitative estimate of drug-likeness (QED) is 0.373. The van der Waals surface area contributed by atoms with Crippen molar-refractivity contribution in [2.24, 2.45) is 11.0 Å². The van der Waals surface area contributed by atoms with Crippen LogP contribution in [-0.2, 0) is 9.59 Å². The van der Waals surface area contributed by atoms with Crippen molar-refractivity contribution < 1.29 is 9.59 Å². The van der Waals surface area contributed by atoms with Gasteiger partial charge in [-0.2, -0.15) is 5.10 Å². The van der Waals surface area contributed by atoms with Crippen LogP contribution < -0.4 is 5.43 Å². The summed E-state index contributed by atoms with van der Waals surface area (Å²) in [7, 11) is 0. The average molecular weight is 126 g/mol. The minimum Gasteiger partial charge on any atom is -0.302 e. The molecule has 0 fully saturated rings. The van der Waals surface area contributed by atoms with Gasteiger partial charge in [-0.05, 0) is 6.92 Å². The van der Waals surface area contributed by atoms with Gasteiger partial charge in [0.25, 0.3) is 5.91 Å². The summed E-state index contributed by atoms with van der Waals surface area (Å²) < 4.78 is 0. The Kier molecular flexibility index (Phi) is 1.30. The van der Waals surface area contributed by atoms with Crippen LogP contribution in [0.2, 0.25) is 0 Å². The molecule has 0 aromatic heterocycles. The van der Waals surface area contributed by atoms with Crippen molar-refractivity contribution in [3.8, 4) is 0 Å².